The summed E-state index contributed by atoms with van der Waals surface area (Å²) in [4.78, 5) is 20.1. The zero-order chi connectivity index (χ0) is 20.0. The molecule has 0 saturated carbocycles. The van der Waals surface area contributed by atoms with Gasteiger partial charge in [-0.3, -0.25) is 20.2 Å². The first-order valence-electron chi connectivity index (χ1n) is 7.09. The average molecular weight is 370 g/mol. The number of nitro benzene ring substituents is 2. The van der Waals surface area contributed by atoms with Crippen LogP contribution in [0.5, 0.6) is 0 Å². The first-order valence-corrected chi connectivity index (χ1v) is 7.09. The van der Waals surface area contributed by atoms with Crippen molar-refractivity contribution in [3.05, 3.63) is 55.4 Å². The summed E-state index contributed by atoms with van der Waals surface area (Å²) in [5, 5.41) is 65.5. The molecule has 0 heterocycles. The van der Waals surface area contributed by atoms with Crippen LogP contribution in [0.25, 0.3) is 11.5 Å². The van der Waals surface area contributed by atoms with Crippen molar-refractivity contribution in [1.29, 1.82) is 0 Å². The van der Waals surface area contributed by atoms with Gasteiger partial charge in [0.05, 0.1) is 40.3 Å². The van der Waals surface area contributed by atoms with Gasteiger partial charge in [-0.25, -0.2) is 0 Å². The number of benzene rings is 1. The smallest absolute Gasteiger partial charge is 0.283 e. The lowest BCUT2D eigenvalue weighted by Gasteiger charge is -2.19. The fourth-order valence-electron chi connectivity index (χ4n) is 1.88. The lowest BCUT2D eigenvalue weighted by Crippen LogP contribution is -2.15. The third kappa shape index (κ3) is 4.23. The van der Waals surface area contributed by atoms with Crippen LogP contribution in [0.1, 0.15) is 25.0 Å². The van der Waals surface area contributed by atoms with Crippen molar-refractivity contribution >= 4 is 22.9 Å². The molecule has 1 aromatic rings. The molecule has 0 fully saturated rings. The van der Waals surface area contributed by atoms with Crippen molar-refractivity contribution < 1.29 is 39.7 Å². The highest BCUT2D eigenvalue weighted by Crippen LogP contribution is 2.35. The monoisotopic (exact) mass is 370 g/mol. The van der Waals surface area contributed by atoms with Gasteiger partial charge in [0.2, 0.25) is 0 Å². The summed E-state index contributed by atoms with van der Waals surface area (Å²) in [5.74, 6) is -5.11. The number of aliphatic hydroxyl groups is 2. The molecule has 142 valence electrons. The Balaban J connectivity index is 3.84. The number of hydrogen-bond acceptors (Lipinski definition) is 10. The van der Waals surface area contributed by atoms with E-state index < -0.39 is 55.8 Å². The zero-order valence-corrected chi connectivity index (χ0v) is 13.6. The van der Waals surface area contributed by atoms with Crippen molar-refractivity contribution in [3.8, 4) is 0 Å². The molecule has 0 saturated heterocycles. The van der Waals surface area contributed by atoms with Crippen molar-refractivity contribution in [2.45, 2.75) is 13.8 Å². The third-order valence-corrected chi connectivity index (χ3v) is 2.95. The van der Waals surface area contributed by atoms with Crippen molar-refractivity contribution in [2.75, 3.05) is 13.2 Å². The van der Waals surface area contributed by atoms with Gasteiger partial charge in [0.15, 0.2) is 0 Å². The van der Waals surface area contributed by atoms with E-state index >= 15 is 0 Å². The lowest BCUT2D eigenvalue weighted by atomic mass is 10.0. The van der Waals surface area contributed by atoms with E-state index in [2.05, 4.69) is 9.47 Å². The molecule has 0 unspecified atom stereocenters. The summed E-state index contributed by atoms with van der Waals surface area (Å²) < 4.78 is 9.12. The first kappa shape index (κ1) is 20.3. The van der Waals surface area contributed by atoms with Gasteiger partial charge >= 0.3 is 0 Å². The molecule has 0 aliphatic rings. The van der Waals surface area contributed by atoms with Gasteiger partial charge in [-0.05, 0) is 31.4 Å². The van der Waals surface area contributed by atoms with Gasteiger partial charge in [0.1, 0.15) is 0 Å². The van der Waals surface area contributed by atoms with E-state index in [0.29, 0.717) is 12.1 Å². The molecule has 12 heteroatoms. The van der Waals surface area contributed by atoms with Crippen molar-refractivity contribution in [1.82, 2.24) is 0 Å². The molecule has 0 spiro atoms. The lowest BCUT2D eigenvalue weighted by molar-refractivity contribution is -0.395. The summed E-state index contributed by atoms with van der Waals surface area (Å²) in [6.07, 6.45) is 0. The SMILES string of the molecule is CCOC(O)=C([O-])c1cc(C([O-])=C(O)OCC)c([N+](=O)[O-])cc1[N+](=O)[O-]. The molecule has 0 amide bonds. The van der Waals surface area contributed by atoms with E-state index in [0.717, 1.165) is 0 Å². The maximum Gasteiger partial charge on any atom is 0.283 e. The second-order valence-electron chi connectivity index (χ2n) is 4.54. The van der Waals surface area contributed by atoms with Crippen molar-refractivity contribution in [2.24, 2.45) is 0 Å². The summed E-state index contributed by atoms with van der Waals surface area (Å²) in [6, 6.07) is 0.893. The third-order valence-electron chi connectivity index (χ3n) is 2.95. The Morgan fingerprint density at radius 2 is 1.23 bits per heavy atom. The fourth-order valence-corrected chi connectivity index (χ4v) is 1.88. The molecule has 1 rings (SSSR count). The van der Waals surface area contributed by atoms with Crippen LogP contribution in [0.4, 0.5) is 11.4 Å². The summed E-state index contributed by atoms with van der Waals surface area (Å²) in [5.41, 5.74) is -3.72. The van der Waals surface area contributed by atoms with E-state index in [4.69, 9.17) is 0 Å². The Morgan fingerprint density at radius 3 is 1.50 bits per heavy atom. The van der Waals surface area contributed by atoms with E-state index in [1.54, 1.807) is 0 Å². The Bertz CT molecular complexity index is 723. The van der Waals surface area contributed by atoms with Crippen molar-refractivity contribution in [3.63, 3.8) is 0 Å². The maximum atomic E-state index is 12.1. The number of rotatable bonds is 8. The predicted molar refractivity (Wildman–Crippen MR) is 82.1 cm³/mol. The molecule has 0 bridgehead atoms. The Morgan fingerprint density at radius 1 is 0.885 bits per heavy atom. The molecule has 2 N–H and O–H groups in total. The summed E-state index contributed by atoms with van der Waals surface area (Å²) >= 11 is 0. The second kappa shape index (κ2) is 8.41. The molecule has 26 heavy (non-hydrogen) atoms. The van der Waals surface area contributed by atoms with E-state index in [1.807, 2.05) is 0 Å². The average Bonchev–Trinajstić information content (AvgIpc) is 2.59. The van der Waals surface area contributed by atoms with Crippen LogP contribution in [-0.2, 0) is 9.47 Å². The van der Waals surface area contributed by atoms with Crippen LogP contribution in [0.3, 0.4) is 0 Å². The molecular weight excluding hydrogens is 356 g/mol. The highest BCUT2D eigenvalue weighted by atomic mass is 16.6. The first-order chi connectivity index (χ1) is 12.1. The number of nitrogens with zero attached hydrogens (tertiary/aromatic N) is 2. The van der Waals surface area contributed by atoms with Gasteiger partial charge in [-0.2, -0.15) is 0 Å². The molecule has 0 atom stereocenters. The van der Waals surface area contributed by atoms with Crippen LogP contribution >= 0.6 is 0 Å². The van der Waals surface area contributed by atoms with Crippen LogP contribution in [-0.4, -0.2) is 33.3 Å². The summed E-state index contributed by atoms with van der Waals surface area (Å²) in [6.45, 7) is 2.58. The van der Waals surface area contributed by atoms with E-state index in [1.165, 1.54) is 13.8 Å². The van der Waals surface area contributed by atoms with Crippen LogP contribution in [0, 0.1) is 20.2 Å². The number of aliphatic hydroxyl groups excluding tert-OH is 2. The molecule has 0 radical (unpaired) electrons. The Labute approximate surface area is 146 Å². The van der Waals surface area contributed by atoms with Crippen LogP contribution in [0.15, 0.2) is 24.0 Å². The normalized spacial score (nSPS) is 12.7. The largest absolute Gasteiger partial charge is 0.867 e. The van der Waals surface area contributed by atoms with Crippen LogP contribution in [0.2, 0.25) is 0 Å². The second-order valence-corrected chi connectivity index (χ2v) is 4.54. The predicted octanol–water partition coefficient (Wildman–Crippen LogP) is 0.665. The highest BCUT2D eigenvalue weighted by Gasteiger charge is 2.26. The van der Waals surface area contributed by atoms with Crippen LogP contribution < -0.4 is 10.2 Å². The minimum Gasteiger partial charge on any atom is -0.867 e. The quantitative estimate of drug-likeness (QED) is 0.373. The maximum absolute atomic E-state index is 12.1. The number of nitro groups is 2. The molecule has 0 aliphatic carbocycles. The van der Waals surface area contributed by atoms with Gasteiger partial charge in [0, 0.05) is 0 Å². The molecule has 0 aromatic heterocycles. The molecule has 1 aromatic carbocycles. The minimum absolute atomic E-state index is 0.136. The van der Waals surface area contributed by atoms with Gasteiger partial charge in [0.25, 0.3) is 23.3 Å². The molecule has 12 nitrogen and oxygen atoms in total. The van der Waals surface area contributed by atoms with Gasteiger partial charge < -0.3 is 29.9 Å². The highest BCUT2D eigenvalue weighted by molar-refractivity contribution is 5.77. The van der Waals surface area contributed by atoms with Gasteiger partial charge in [-0.1, -0.05) is 0 Å². The summed E-state index contributed by atoms with van der Waals surface area (Å²) in [7, 11) is 0. The molecular formula is C14H14N2O10-2. The standard InChI is InChI=1S/C14H16N2O10/c1-3-25-13(19)11(17)7-5-8(12(18)14(20)26-4-2)10(16(23)24)6-9(7)15(21)22/h5-6,17-20H,3-4H2,1-2H3/p-2. The zero-order valence-electron chi connectivity index (χ0n) is 13.6. The Kier molecular flexibility index (Phi) is 6.58. The molecule has 0 aliphatic heterocycles. The Hall–Kier alpha value is -3.70. The van der Waals surface area contributed by atoms with Gasteiger partial charge in [-0.15, -0.1) is 0 Å². The number of ether oxygens (including phenoxy) is 2. The minimum atomic E-state index is -1.36. The van der Waals surface area contributed by atoms with E-state index in [-0.39, 0.29) is 13.2 Å². The topological polar surface area (TPSA) is 191 Å². The number of hydrogen-bond donors (Lipinski definition) is 2. The fraction of sp³-hybridized carbons (Fsp3) is 0.286. The van der Waals surface area contributed by atoms with E-state index in [9.17, 15) is 40.7 Å².